The maximum Gasteiger partial charge on any atom is 0.295 e. The molecule has 3 aromatic carbocycles. The van der Waals surface area contributed by atoms with E-state index in [1.807, 2.05) is 69.3 Å². The van der Waals surface area contributed by atoms with Crippen LogP contribution in [0.2, 0.25) is 5.02 Å². The van der Waals surface area contributed by atoms with Crippen molar-refractivity contribution in [3.8, 4) is 5.75 Å². The highest BCUT2D eigenvalue weighted by atomic mass is 35.5. The van der Waals surface area contributed by atoms with E-state index in [1.54, 1.807) is 11.0 Å². The summed E-state index contributed by atoms with van der Waals surface area (Å²) in [6, 6.07) is 16.1. The van der Waals surface area contributed by atoms with Crippen LogP contribution in [0.25, 0.3) is 11.0 Å². The molecule has 0 spiro atoms. The number of nitrogens with zero attached hydrogens (tertiary/aromatic N) is 1. The van der Waals surface area contributed by atoms with E-state index in [1.165, 1.54) is 0 Å². The number of unbranched alkanes of at least 4 members (excludes halogenated alkanes) is 2. The van der Waals surface area contributed by atoms with Crippen LogP contribution < -0.4 is 15.1 Å². The van der Waals surface area contributed by atoms with E-state index >= 15 is 0 Å². The first-order valence-electron chi connectivity index (χ1n) is 12.7. The summed E-state index contributed by atoms with van der Waals surface area (Å²) in [7, 11) is 0. The Balaban J connectivity index is 1.70. The molecule has 0 bridgehead atoms. The van der Waals surface area contributed by atoms with Crippen LogP contribution in [0.15, 0.2) is 63.8 Å². The van der Waals surface area contributed by atoms with Crippen molar-refractivity contribution in [2.75, 3.05) is 11.5 Å². The topological polar surface area (TPSA) is 59.8 Å². The molecule has 1 aromatic heterocycles. The van der Waals surface area contributed by atoms with Gasteiger partial charge >= 0.3 is 0 Å². The van der Waals surface area contributed by atoms with Crippen LogP contribution in [0.5, 0.6) is 5.75 Å². The Kier molecular flexibility index (Phi) is 6.82. The lowest BCUT2D eigenvalue weighted by atomic mass is 9.97. The van der Waals surface area contributed by atoms with Gasteiger partial charge in [0.1, 0.15) is 11.3 Å². The third kappa shape index (κ3) is 4.53. The Labute approximate surface area is 221 Å². The molecule has 0 saturated heterocycles. The third-order valence-corrected chi connectivity index (χ3v) is 7.52. The molecule has 0 N–H and O–H groups in total. The number of hydrogen-bond acceptors (Lipinski definition) is 4. The molecule has 1 atom stereocenters. The predicted molar refractivity (Wildman–Crippen MR) is 148 cm³/mol. The monoisotopic (exact) mass is 515 g/mol. The van der Waals surface area contributed by atoms with Gasteiger partial charge in [-0.1, -0.05) is 49.6 Å². The molecule has 5 rings (SSSR count). The average molecular weight is 516 g/mol. The average Bonchev–Trinajstić information content (AvgIpc) is 3.17. The van der Waals surface area contributed by atoms with Gasteiger partial charge in [0, 0.05) is 10.7 Å². The number of carbonyl (C=O) groups excluding carboxylic acids is 1. The number of aryl methyl sites for hydroxylation is 3. The third-order valence-electron chi connectivity index (χ3n) is 7.11. The lowest BCUT2D eigenvalue weighted by Gasteiger charge is -2.26. The van der Waals surface area contributed by atoms with Gasteiger partial charge in [0.2, 0.25) is 5.76 Å². The zero-order valence-electron chi connectivity index (χ0n) is 21.6. The number of hydrogen-bond donors (Lipinski definition) is 0. The van der Waals surface area contributed by atoms with Gasteiger partial charge in [-0.15, -0.1) is 0 Å². The van der Waals surface area contributed by atoms with Gasteiger partial charge in [-0.05, 0) is 85.8 Å². The first-order valence-corrected chi connectivity index (χ1v) is 13.1. The Bertz CT molecular complexity index is 1570. The normalized spacial score (nSPS) is 14.9. The molecule has 4 aromatic rings. The molecule has 0 aliphatic carbocycles. The molecular formula is C31H30ClNO4. The summed E-state index contributed by atoms with van der Waals surface area (Å²) in [6.07, 6.45) is 3.17. The summed E-state index contributed by atoms with van der Waals surface area (Å²) >= 11 is 6.46. The predicted octanol–water partition coefficient (Wildman–Crippen LogP) is 7.69. The van der Waals surface area contributed by atoms with Crippen molar-refractivity contribution in [1.82, 2.24) is 0 Å². The lowest BCUT2D eigenvalue weighted by Crippen LogP contribution is -2.29. The lowest BCUT2D eigenvalue weighted by molar-refractivity contribution is 0.0971. The highest BCUT2D eigenvalue weighted by molar-refractivity contribution is 6.31. The van der Waals surface area contributed by atoms with Crippen molar-refractivity contribution < 1.29 is 13.9 Å². The van der Waals surface area contributed by atoms with Crippen molar-refractivity contribution in [2.24, 2.45) is 0 Å². The van der Waals surface area contributed by atoms with E-state index < -0.39 is 6.04 Å². The van der Waals surface area contributed by atoms with Gasteiger partial charge in [-0.3, -0.25) is 14.5 Å². The molecule has 37 heavy (non-hydrogen) atoms. The van der Waals surface area contributed by atoms with Crippen LogP contribution in [0.3, 0.4) is 0 Å². The summed E-state index contributed by atoms with van der Waals surface area (Å²) in [6.45, 7) is 8.59. The van der Waals surface area contributed by atoms with Crippen LogP contribution in [-0.4, -0.2) is 12.5 Å². The van der Waals surface area contributed by atoms with Gasteiger partial charge in [-0.25, -0.2) is 0 Å². The van der Waals surface area contributed by atoms with E-state index in [-0.39, 0.29) is 17.1 Å². The van der Waals surface area contributed by atoms with Gasteiger partial charge in [0.15, 0.2) is 5.43 Å². The Morgan fingerprint density at radius 2 is 1.73 bits per heavy atom. The molecule has 0 radical (unpaired) electrons. The van der Waals surface area contributed by atoms with Gasteiger partial charge in [0.25, 0.3) is 5.91 Å². The number of halogens is 1. The zero-order chi connectivity index (χ0) is 26.3. The van der Waals surface area contributed by atoms with E-state index in [9.17, 15) is 9.59 Å². The standard InChI is InChI=1S/C31H30ClNO4/c1-5-6-7-13-36-23-10-8-9-21(16-23)28-27-29(34)24-14-19(3)20(4)15-26(24)37-30(27)31(35)33(28)22-12-11-18(2)25(32)17-22/h8-12,14-17,28H,5-7,13H2,1-4H3. The Hall–Kier alpha value is -3.57. The molecule has 190 valence electrons. The Morgan fingerprint density at radius 1 is 0.946 bits per heavy atom. The number of anilines is 1. The van der Waals surface area contributed by atoms with Gasteiger partial charge in [-0.2, -0.15) is 0 Å². The maximum absolute atomic E-state index is 13.9. The van der Waals surface area contributed by atoms with Crippen molar-refractivity contribution >= 4 is 34.2 Å². The smallest absolute Gasteiger partial charge is 0.295 e. The summed E-state index contributed by atoms with van der Waals surface area (Å²) < 4.78 is 12.2. The molecule has 6 heteroatoms. The number of amides is 1. The van der Waals surface area contributed by atoms with Crippen LogP contribution in [0.1, 0.15) is 70.6 Å². The summed E-state index contributed by atoms with van der Waals surface area (Å²) in [5, 5.41) is 1.01. The quantitative estimate of drug-likeness (QED) is 0.237. The molecule has 1 amide bonds. The fourth-order valence-electron chi connectivity index (χ4n) is 4.86. The van der Waals surface area contributed by atoms with Crippen LogP contribution >= 0.6 is 11.6 Å². The van der Waals surface area contributed by atoms with Crippen molar-refractivity contribution in [2.45, 2.75) is 53.0 Å². The van der Waals surface area contributed by atoms with Crippen LogP contribution in [0, 0.1) is 20.8 Å². The second kappa shape index (κ2) is 10.1. The van der Waals surface area contributed by atoms with Crippen LogP contribution in [0.4, 0.5) is 5.69 Å². The number of benzene rings is 3. The second-order valence-corrected chi connectivity index (χ2v) is 10.2. The molecular weight excluding hydrogens is 486 g/mol. The SMILES string of the molecule is CCCCCOc1cccc(C2c3c(oc4cc(C)c(C)cc4c3=O)C(=O)N2c2ccc(C)c(Cl)c2)c1. The van der Waals surface area contributed by atoms with E-state index in [4.69, 9.17) is 20.8 Å². The minimum atomic E-state index is -0.678. The van der Waals surface area contributed by atoms with Crippen molar-refractivity contribution in [1.29, 1.82) is 0 Å². The fraction of sp³-hybridized carbons (Fsp3) is 0.290. The number of rotatable bonds is 7. The molecule has 5 nitrogen and oxygen atoms in total. The highest BCUT2D eigenvalue weighted by Crippen LogP contribution is 2.42. The molecule has 1 aliphatic heterocycles. The number of ether oxygens (including phenoxy) is 1. The van der Waals surface area contributed by atoms with E-state index in [2.05, 4.69) is 6.92 Å². The zero-order valence-corrected chi connectivity index (χ0v) is 22.3. The van der Waals surface area contributed by atoms with E-state index in [0.717, 1.165) is 41.5 Å². The largest absolute Gasteiger partial charge is 0.494 e. The number of fused-ring (bicyclic) bond motifs is 2. The first kappa shape index (κ1) is 25.1. The molecule has 0 fully saturated rings. The first-order chi connectivity index (χ1) is 17.8. The second-order valence-electron chi connectivity index (χ2n) is 9.75. The van der Waals surface area contributed by atoms with Gasteiger partial charge < -0.3 is 9.15 Å². The molecule has 1 unspecified atom stereocenters. The molecule has 1 aliphatic rings. The van der Waals surface area contributed by atoms with E-state index in [0.29, 0.717) is 39.6 Å². The highest BCUT2D eigenvalue weighted by Gasteiger charge is 2.44. The minimum Gasteiger partial charge on any atom is -0.494 e. The summed E-state index contributed by atoms with van der Waals surface area (Å²) in [5.74, 6) is 0.399. The molecule has 2 heterocycles. The van der Waals surface area contributed by atoms with Gasteiger partial charge in [0.05, 0.1) is 23.6 Å². The van der Waals surface area contributed by atoms with Crippen molar-refractivity contribution in [3.05, 3.63) is 103 Å². The van der Waals surface area contributed by atoms with Crippen molar-refractivity contribution in [3.63, 3.8) is 0 Å². The summed E-state index contributed by atoms with van der Waals surface area (Å²) in [5.41, 5.74) is 4.80. The fourth-order valence-corrected chi connectivity index (χ4v) is 5.03. The summed E-state index contributed by atoms with van der Waals surface area (Å²) in [4.78, 5) is 29.4. The minimum absolute atomic E-state index is 0.0664. The number of carbonyl (C=O) groups is 1. The Morgan fingerprint density at radius 3 is 2.49 bits per heavy atom. The molecule has 0 saturated carbocycles. The van der Waals surface area contributed by atoms with Crippen LogP contribution in [-0.2, 0) is 0 Å². The maximum atomic E-state index is 13.9.